The fourth-order valence-corrected chi connectivity index (χ4v) is 1.14. The van der Waals surface area contributed by atoms with Crippen molar-refractivity contribution in [3.8, 4) is 5.75 Å². The fraction of sp³-hybridized carbons (Fsp3) is 0.300. The van der Waals surface area contributed by atoms with Gasteiger partial charge >= 0.3 is 0 Å². The lowest BCUT2D eigenvalue weighted by atomic mass is 10.2. The molecule has 0 heterocycles. The number of halogens is 2. The maximum Gasteiger partial charge on any atom is 0.262 e. The third-order valence-corrected chi connectivity index (χ3v) is 2.33. The lowest BCUT2D eigenvalue weighted by molar-refractivity contribution is -0.117. The van der Waals surface area contributed by atoms with Crippen molar-refractivity contribution in [2.24, 2.45) is 0 Å². The van der Waals surface area contributed by atoms with Crippen molar-refractivity contribution in [2.45, 2.75) is 20.0 Å². The SMILES string of the molecule is Cc1ccc(Cl)c(O[C@@H](C)C(=O)Cl)c1. The molecule has 76 valence electrons. The van der Waals surface area contributed by atoms with E-state index in [1.165, 1.54) is 0 Å². The summed E-state index contributed by atoms with van der Waals surface area (Å²) in [5, 5.41) is -0.0667. The van der Waals surface area contributed by atoms with Gasteiger partial charge in [0.15, 0.2) is 6.10 Å². The molecule has 0 aromatic heterocycles. The maximum atomic E-state index is 10.7. The first-order chi connectivity index (χ1) is 6.50. The molecule has 0 spiro atoms. The Labute approximate surface area is 92.8 Å². The maximum absolute atomic E-state index is 10.7. The van der Waals surface area contributed by atoms with E-state index in [0.29, 0.717) is 10.8 Å². The minimum absolute atomic E-state index is 0.473. The highest BCUT2D eigenvalue weighted by atomic mass is 35.5. The molecule has 2 nitrogen and oxygen atoms in total. The van der Waals surface area contributed by atoms with E-state index in [2.05, 4.69) is 0 Å². The summed E-state index contributed by atoms with van der Waals surface area (Å²) in [6, 6.07) is 5.35. The molecule has 0 aliphatic carbocycles. The van der Waals surface area contributed by atoms with Crippen molar-refractivity contribution in [3.05, 3.63) is 28.8 Å². The highest BCUT2D eigenvalue weighted by Gasteiger charge is 2.13. The van der Waals surface area contributed by atoms with E-state index < -0.39 is 11.3 Å². The first-order valence-electron chi connectivity index (χ1n) is 4.13. The quantitative estimate of drug-likeness (QED) is 0.749. The van der Waals surface area contributed by atoms with Gasteiger partial charge in [0, 0.05) is 0 Å². The minimum Gasteiger partial charge on any atom is -0.480 e. The van der Waals surface area contributed by atoms with E-state index in [1.54, 1.807) is 19.1 Å². The zero-order valence-electron chi connectivity index (χ0n) is 7.88. The molecule has 0 aliphatic heterocycles. The molecule has 0 radical (unpaired) electrons. The molecule has 4 heteroatoms. The van der Waals surface area contributed by atoms with Crippen LogP contribution >= 0.6 is 23.2 Å². The second kappa shape index (κ2) is 4.67. The second-order valence-electron chi connectivity index (χ2n) is 3.00. The molecule has 1 aromatic carbocycles. The molecule has 0 bridgehead atoms. The van der Waals surface area contributed by atoms with Gasteiger partial charge in [-0.3, -0.25) is 4.79 Å². The molecule has 0 saturated carbocycles. The summed E-state index contributed by atoms with van der Waals surface area (Å²) in [7, 11) is 0. The van der Waals surface area contributed by atoms with Crippen LogP contribution in [-0.2, 0) is 4.79 Å². The van der Waals surface area contributed by atoms with Gasteiger partial charge in [-0.25, -0.2) is 0 Å². The molecule has 1 rings (SSSR count). The van der Waals surface area contributed by atoms with E-state index in [1.807, 2.05) is 13.0 Å². The Bertz CT molecular complexity index is 350. The average molecular weight is 233 g/mol. The zero-order valence-corrected chi connectivity index (χ0v) is 9.39. The standard InChI is InChI=1S/C10H10Cl2O2/c1-6-3-4-8(11)9(5-6)14-7(2)10(12)13/h3-5,7H,1-2H3/t7-/m0/s1. The molecule has 0 amide bonds. The number of hydrogen-bond donors (Lipinski definition) is 0. The predicted molar refractivity (Wildman–Crippen MR) is 57.1 cm³/mol. The van der Waals surface area contributed by atoms with Gasteiger partial charge < -0.3 is 4.74 Å². The van der Waals surface area contributed by atoms with Gasteiger partial charge in [-0.1, -0.05) is 17.7 Å². The normalized spacial score (nSPS) is 12.3. The van der Waals surface area contributed by atoms with E-state index >= 15 is 0 Å². The second-order valence-corrected chi connectivity index (χ2v) is 3.78. The van der Waals surface area contributed by atoms with Crippen LogP contribution in [0.5, 0.6) is 5.75 Å². The Balaban J connectivity index is 2.85. The summed E-state index contributed by atoms with van der Waals surface area (Å²) in [5.41, 5.74) is 1.01. The Hall–Kier alpha value is -0.730. The van der Waals surface area contributed by atoms with Crippen LogP contribution < -0.4 is 4.74 Å². The van der Waals surface area contributed by atoms with E-state index in [4.69, 9.17) is 27.9 Å². The molecule has 0 aliphatic rings. The van der Waals surface area contributed by atoms with Crippen LogP contribution in [0.15, 0.2) is 18.2 Å². The molecular weight excluding hydrogens is 223 g/mol. The Kier molecular flexibility index (Phi) is 3.78. The summed E-state index contributed by atoms with van der Waals surface area (Å²) >= 11 is 11.1. The largest absolute Gasteiger partial charge is 0.480 e. The van der Waals surface area contributed by atoms with Crippen molar-refractivity contribution in [2.75, 3.05) is 0 Å². The summed E-state index contributed by atoms with van der Waals surface area (Å²) in [6.07, 6.45) is -0.684. The molecule has 0 N–H and O–H groups in total. The Morgan fingerprint density at radius 3 is 2.71 bits per heavy atom. The lowest BCUT2D eigenvalue weighted by Crippen LogP contribution is -2.19. The van der Waals surface area contributed by atoms with Gasteiger partial charge in [0.05, 0.1) is 5.02 Å². The van der Waals surface area contributed by atoms with E-state index in [-0.39, 0.29) is 0 Å². The summed E-state index contributed by atoms with van der Waals surface area (Å²) < 4.78 is 5.27. The van der Waals surface area contributed by atoms with Crippen molar-refractivity contribution in [1.82, 2.24) is 0 Å². The molecule has 1 atom stereocenters. The van der Waals surface area contributed by atoms with Crippen molar-refractivity contribution < 1.29 is 9.53 Å². The predicted octanol–water partition coefficient (Wildman–Crippen LogP) is 3.18. The minimum atomic E-state index is -0.684. The molecule has 0 saturated heterocycles. The van der Waals surface area contributed by atoms with Gasteiger partial charge in [0.25, 0.3) is 5.24 Å². The van der Waals surface area contributed by atoms with Crippen LogP contribution in [0, 0.1) is 6.92 Å². The van der Waals surface area contributed by atoms with Crippen LogP contribution in [0.2, 0.25) is 5.02 Å². The average Bonchev–Trinajstić information content (AvgIpc) is 2.11. The van der Waals surface area contributed by atoms with Crippen LogP contribution in [0.25, 0.3) is 0 Å². The molecule has 0 unspecified atom stereocenters. The lowest BCUT2D eigenvalue weighted by Gasteiger charge is -2.12. The highest BCUT2D eigenvalue weighted by molar-refractivity contribution is 6.64. The molecule has 1 aromatic rings. The van der Waals surface area contributed by atoms with Crippen molar-refractivity contribution in [3.63, 3.8) is 0 Å². The molecular formula is C10H10Cl2O2. The number of benzene rings is 1. The monoisotopic (exact) mass is 232 g/mol. The third kappa shape index (κ3) is 2.89. The fourth-order valence-electron chi connectivity index (χ4n) is 0.938. The van der Waals surface area contributed by atoms with Crippen molar-refractivity contribution >= 4 is 28.4 Å². The van der Waals surface area contributed by atoms with Gasteiger partial charge in [0.2, 0.25) is 0 Å². The zero-order chi connectivity index (χ0) is 10.7. The van der Waals surface area contributed by atoms with Gasteiger partial charge in [0.1, 0.15) is 5.75 Å². The Morgan fingerprint density at radius 1 is 1.50 bits per heavy atom. The molecule has 0 fully saturated rings. The number of carbonyl (C=O) groups excluding carboxylic acids is 1. The van der Waals surface area contributed by atoms with E-state index in [9.17, 15) is 4.79 Å². The number of hydrogen-bond acceptors (Lipinski definition) is 2. The first-order valence-corrected chi connectivity index (χ1v) is 4.88. The van der Waals surface area contributed by atoms with Crippen molar-refractivity contribution in [1.29, 1.82) is 0 Å². The van der Waals surface area contributed by atoms with E-state index in [0.717, 1.165) is 5.56 Å². The third-order valence-electron chi connectivity index (χ3n) is 1.71. The Morgan fingerprint density at radius 2 is 2.14 bits per heavy atom. The summed E-state index contributed by atoms with van der Waals surface area (Å²) in [6.45, 7) is 3.49. The van der Waals surface area contributed by atoms with Crippen LogP contribution in [0.1, 0.15) is 12.5 Å². The topological polar surface area (TPSA) is 26.3 Å². The van der Waals surface area contributed by atoms with Gasteiger partial charge in [-0.15, -0.1) is 0 Å². The summed E-state index contributed by atoms with van der Waals surface area (Å²) in [5.74, 6) is 0.480. The number of rotatable bonds is 3. The van der Waals surface area contributed by atoms with Gasteiger partial charge in [-0.2, -0.15) is 0 Å². The first kappa shape index (κ1) is 11.3. The number of carbonyl (C=O) groups is 1. The summed E-state index contributed by atoms with van der Waals surface area (Å²) in [4.78, 5) is 10.7. The smallest absolute Gasteiger partial charge is 0.262 e. The van der Waals surface area contributed by atoms with Gasteiger partial charge in [-0.05, 0) is 43.1 Å². The molecule has 14 heavy (non-hydrogen) atoms. The van der Waals surface area contributed by atoms with Crippen LogP contribution in [0.3, 0.4) is 0 Å². The number of aryl methyl sites for hydroxylation is 1. The van der Waals surface area contributed by atoms with Crippen LogP contribution in [0.4, 0.5) is 0 Å². The van der Waals surface area contributed by atoms with Crippen LogP contribution in [-0.4, -0.2) is 11.3 Å². The highest BCUT2D eigenvalue weighted by Crippen LogP contribution is 2.26. The number of ether oxygens (including phenoxy) is 1.